The van der Waals surface area contributed by atoms with Crippen molar-refractivity contribution in [1.82, 2.24) is 0 Å². The maximum absolute atomic E-state index is 9.20. The second-order valence-electron chi connectivity index (χ2n) is 3.38. The normalized spacial score (nSPS) is 22.8. The van der Waals surface area contributed by atoms with E-state index in [1.807, 2.05) is 6.08 Å². The van der Waals surface area contributed by atoms with E-state index in [0.29, 0.717) is 0 Å². The van der Waals surface area contributed by atoms with Crippen molar-refractivity contribution in [2.75, 3.05) is 13.7 Å². The quantitative estimate of drug-likeness (QED) is 0.504. The highest BCUT2D eigenvalue weighted by Gasteiger charge is 2.11. The molecule has 1 aliphatic carbocycles. The lowest BCUT2D eigenvalue weighted by atomic mass is 10.1. The maximum atomic E-state index is 9.20. The summed E-state index contributed by atoms with van der Waals surface area (Å²) in [7, 11) is 1.73. The average Bonchev–Trinajstić information content (AvgIpc) is 2.45. The van der Waals surface area contributed by atoms with E-state index >= 15 is 0 Å². The molecule has 1 aliphatic rings. The van der Waals surface area contributed by atoms with Gasteiger partial charge in [-0.1, -0.05) is 11.6 Å². The smallest absolute Gasteiger partial charge is 0.0726 e. The molecule has 0 amide bonds. The Kier molecular flexibility index (Phi) is 4.33. The molecule has 0 spiro atoms. The summed E-state index contributed by atoms with van der Waals surface area (Å²) in [4.78, 5) is 0. The van der Waals surface area contributed by atoms with Crippen LogP contribution >= 0.6 is 0 Å². The van der Waals surface area contributed by atoms with Crippen LogP contribution in [0.1, 0.15) is 32.1 Å². The van der Waals surface area contributed by atoms with Gasteiger partial charge < -0.3 is 9.84 Å². The van der Waals surface area contributed by atoms with E-state index in [0.717, 1.165) is 32.3 Å². The van der Waals surface area contributed by atoms with Crippen molar-refractivity contribution in [2.24, 2.45) is 0 Å². The van der Waals surface area contributed by atoms with E-state index in [1.165, 1.54) is 12.0 Å². The van der Waals surface area contributed by atoms with Crippen LogP contribution in [0, 0.1) is 0 Å². The van der Waals surface area contributed by atoms with E-state index in [4.69, 9.17) is 4.74 Å². The fourth-order valence-corrected chi connectivity index (χ4v) is 1.58. The Labute approximate surface area is 74.2 Å². The summed E-state index contributed by atoms with van der Waals surface area (Å²) < 4.78 is 4.96. The molecule has 1 atom stereocenters. The van der Waals surface area contributed by atoms with Crippen LogP contribution in [0.2, 0.25) is 0 Å². The summed E-state index contributed by atoms with van der Waals surface area (Å²) in [6, 6.07) is 0. The summed E-state index contributed by atoms with van der Waals surface area (Å²) in [5, 5.41) is 9.20. The number of hydrogen-bond donors (Lipinski definition) is 1. The van der Waals surface area contributed by atoms with Gasteiger partial charge >= 0.3 is 0 Å². The second kappa shape index (κ2) is 5.33. The van der Waals surface area contributed by atoms with Gasteiger partial charge in [-0.2, -0.15) is 0 Å². The van der Waals surface area contributed by atoms with Crippen molar-refractivity contribution < 1.29 is 9.84 Å². The Morgan fingerprint density at radius 3 is 3.00 bits per heavy atom. The molecule has 0 saturated carbocycles. The Bertz CT molecular complexity index is 152. The van der Waals surface area contributed by atoms with Gasteiger partial charge in [-0.3, -0.25) is 0 Å². The zero-order valence-electron chi connectivity index (χ0n) is 7.75. The lowest BCUT2D eigenvalue weighted by Crippen LogP contribution is -1.93. The van der Waals surface area contributed by atoms with Gasteiger partial charge in [0.1, 0.15) is 0 Å². The Morgan fingerprint density at radius 1 is 1.58 bits per heavy atom. The first-order chi connectivity index (χ1) is 5.83. The Morgan fingerprint density at radius 2 is 2.42 bits per heavy atom. The number of rotatable bonds is 5. The molecule has 1 rings (SSSR count). The topological polar surface area (TPSA) is 29.5 Å². The third kappa shape index (κ3) is 3.37. The molecule has 12 heavy (non-hydrogen) atoms. The SMILES string of the molecule is COCCCCC1=CC(O)CC1. The van der Waals surface area contributed by atoms with Gasteiger partial charge in [-0.25, -0.2) is 0 Å². The van der Waals surface area contributed by atoms with Crippen LogP contribution in [0.25, 0.3) is 0 Å². The zero-order valence-corrected chi connectivity index (χ0v) is 7.75. The number of aliphatic hydroxyl groups is 1. The highest BCUT2D eigenvalue weighted by molar-refractivity contribution is 5.11. The third-order valence-corrected chi connectivity index (χ3v) is 2.29. The van der Waals surface area contributed by atoms with Crippen LogP contribution in [-0.4, -0.2) is 24.9 Å². The molecule has 0 saturated heterocycles. The van der Waals surface area contributed by atoms with Crippen molar-refractivity contribution in [2.45, 2.75) is 38.2 Å². The lowest BCUT2D eigenvalue weighted by molar-refractivity contribution is 0.193. The molecule has 0 aliphatic heterocycles. The fraction of sp³-hybridized carbons (Fsp3) is 0.800. The molecular weight excluding hydrogens is 152 g/mol. The fourth-order valence-electron chi connectivity index (χ4n) is 1.58. The molecule has 0 aromatic rings. The third-order valence-electron chi connectivity index (χ3n) is 2.29. The molecule has 0 aromatic carbocycles. The van der Waals surface area contributed by atoms with E-state index < -0.39 is 0 Å². The molecule has 70 valence electrons. The molecule has 0 aromatic heterocycles. The minimum absolute atomic E-state index is 0.164. The van der Waals surface area contributed by atoms with Gasteiger partial charge in [-0.05, 0) is 32.1 Å². The number of ether oxygens (including phenoxy) is 1. The van der Waals surface area contributed by atoms with Crippen molar-refractivity contribution in [3.63, 3.8) is 0 Å². The van der Waals surface area contributed by atoms with Crippen LogP contribution < -0.4 is 0 Å². The van der Waals surface area contributed by atoms with Gasteiger partial charge in [0, 0.05) is 13.7 Å². The highest BCUT2D eigenvalue weighted by atomic mass is 16.5. The van der Waals surface area contributed by atoms with E-state index in [1.54, 1.807) is 7.11 Å². The lowest BCUT2D eigenvalue weighted by Gasteiger charge is -2.00. The molecule has 0 fully saturated rings. The second-order valence-corrected chi connectivity index (χ2v) is 3.38. The Hall–Kier alpha value is -0.340. The van der Waals surface area contributed by atoms with Crippen LogP contribution in [0.3, 0.4) is 0 Å². The van der Waals surface area contributed by atoms with Gasteiger partial charge in [-0.15, -0.1) is 0 Å². The van der Waals surface area contributed by atoms with Crippen LogP contribution in [-0.2, 0) is 4.74 Å². The number of hydrogen-bond acceptors (Lipinski definition) is 2. The largest absolute Gasteiger partial charge is 0.389 e. The monoisotopic (exact) mass is 170 g/mol. The minimum atomic E-state index is -0.164. The zero-order chi connectivity index (χ0) is 8.81. The number of aliphatic hydroxyl groups excluding tert-OH is 1. The number of unbranched alkanes of at least 4 members (excludes halogenated alkanes) is 1. The first-order valence-corrected chi connectivity index (χ1v) is 4.69. The first-order valence-electron chi connectivity index (χ1n) is 4.69. The number of allylic oxidation sites excluding steroid dienone is 1. The molecule has 2 heteroatoms. The molecular formula is C10H18O2. The van der Waals surface area contributed by atoms with E-state index in [-0.39, 0.29) is 6.10 Å². The standard InChI is InChI=1S/C10H18O2/c1-12-7-3-2-4-9-5-6-10(11)8-9/h8,10-11H,2-7H2,1H3. The summed E-state index contributed by atoms with van der Waals surface area (Å²) in [6.07, 6.45) is 7.32. The summed E-state index contributed by atoms with van der Waals surface area (Å²) in [5.74, 6) is 0. The summed E-state index contributed by atoms with van der Waals surface area (Å²) in [5.41, 5.74) is 1.43. The van der Waals surface area contributed by atoms with Gasteiger partial charge in [0.15, 0.2) is 0 Å². The van der Waals surface area contributed by atoms with Crippen LogP contribution in [0.15, 0.2) is 11.6 Å². The average molecular weight is 170 g/mol. The van der Waals surface area contributed by atoms with Crippen molar-refractivity contribution in [1.29, 1.82) is 0 Å². The molecule has 0 bridgehead atoms. The summed E-state index contributed by atoms with van der Waals surface area (Å²) >= 11 is 0. The summed E-state index contributed by atoms with van der Waals surface area (Å²) in [6.45, 7) is 0.857. The predicted octanol–water partition coefficient (Wildman–Crippen LogP) is 1.88. The van der Waals surface area contributed by atoms with E-state index in [2.05, 4.69) is 0 Å². The molecule has 0 heterocycles. The Balaban J connectivity index is 2.03. The van der Waals surface area contributed by atoms with Gasteiger partial charge in [0.05, 0.1) is 6.10 Å². The van der Waals surface area contributed by atoms with Crippen LogP contribution in [0.4, 0.5) is 0 Å². The van der Waals surface area contributed by atoms with Gasteiger partial charge in [0.25, 0.3) is 0 Å². The van der Waals surface area contributed by atoms with Gasteiger partial charge in [0.2, 0.25) is 0 Å². The first kappa shape index (κ1) is 9.75. The van der Waals surface area contributed by atoms with Crippen molar-refractivity contribution in [3.05, 3.63) is 11.6 Å². The van der Waals surface area contributed by atoms with Crippen molar-refractivity contribution >= 4 is 0 Å². The number of methoxy groups -OCH3 is 1. The molecule has 2 nitrogen and oxygen atoms in total. The molecule has 0 radical (unpaired) electrons. The highest BCUT2D eigenvalue weighted by Crippen LogP contribution is 2.22. The van der Waals surface area contributed by atoms with Crippen molar-refractivity contribution in [3.8, 4) is 0 Å². The maximum Gasteiger partial charge on any atom is 0.0726 e. The minimum Gasteiger partial charge on any atom is -0.389 e. The van der Waals surface area contributed by atoms with Crippen LogP contribution in [0.5, 0.6) is 0 Å². The van der Waals surface area contributed by atoms with E-state index in [9.17, 15) is 5.11 Å². The molecule has 1 unspecified atom stereocenters. The molecule has 1 N–H and O–H groups in total. The predicted molar refractivity (Wildman–Crippen MR) is 49.1 cm³/mol.